The van der Waals surface area contributed by atoms with Gasteiger partial charge in [-0.2, -0.15) is 47.0 Å². The highest BCUT2D eigenvalue weighted by molar-refractivity contribution is 7.99. The SMILES string of the molecule is CSCCC(=O)NCCCCC(NC(=O)CCSC)C(=O)NCCCCC(NC(=O)C(CCCCNC(=O)CCSC)NC(=O)CCSC)C(=O)NC(CCCCCC(=O)CCN1C(=O)C=CC1=O)C(N)=O. The van der Waals surface area contributed by atoms with E-state index in [2.05, 4.69) is 37.2 Å². The molecule has 0 aromatic carbocycles. The van der Waals surface area contributed by atoms with E-state index < -0.39 is 53.7 Å². The Morgan fingerprint density at radius 3 is 1.26 bits per heavy atom. The minimum atomic E-state index is -1.18. The number of carbonyl (C=O) groups is 11. The number of Topliss-reactive ketones (excluding diaryl/α,β-unsaturated/α-hetero) is 1. The highest BCUT2D eigenvalue weighted by atomic mass is 32.2. The molecule has 24 heteroatoms. The molecule has 0 aliphatic carbocycles. The van der Waals surface area contributed by atoms with Crippen molar-refractivity contribution in [1.29, 1.82) is 0 Å². The first-order valence-corrected chi connectivity index (χ1v) is 30.4. The van der Waals surface area contributed by atoms with E-state index in [0.29, 0.717) is 107 Å². The van der Waals surface area contributed by atoms with Crippen molar-refractivity contribution in [2.45, 2.75) is 146 Å². The van der Waals surface area contributed by atoms with E-state index >= 15 is 0 Å². The maximum absolute atomic E-state index is 14.0. The zero-order valence-corrected chi connectivity index (χ0v) is 46.0. The Bertz CT molecular complexity index is 1760. The quantitative estimate of drug-likeness (QED) is 0.0320. The summed E-state index contributed by atoms with van der Waals surface area (Å²) in [6.45, 7) is 1.02. The number of nitrogens with one attached hydrogen (secondary N) is 7. The molecule has 0 bridgehead atoms. The average molecular weight is 1090 g/mol. The number of ketones is 1. The molecule has 408 valence electrons. The molecule has 4 atom stereocenters. The Labute approximate surface area is 442 Å². The zero-order valence-electron chi connectivity index (χ0n) is 42.7. The highest BCUT2D eigenvalue weighted by Crippen LogP contribution is 2.13. The van der Waals surface area contributed by atoms with E-state index in [0.717, 1.165) is 22.8 Å². The fraction of sp³-hybridized carbons (Fsp3) is 0.729. The summed E-state index contributed by atoms with van der Waals surface area (Å²) in [4.78, 5) is 141. The van der Waals surface area contributed by atoms with Crippen molar-refractivity contribution in [2.75, 3.05) is 74.2 Å². The fourth-order valence-corrected chi connectivity index (χ4v) is 8.75. The van der Waals surface area contributed by atoms with E-state index in [4.69, 9.17) is 5.73 Å². The van der Waals surface area contributed by atoms with Crippen molar-refractivity contribution in [3.8, 4) is 0 Å². The average Bonchev–Trinajstić information content (AvgIpc) is 3.68. The van der Waals surface area contributed by atoms with Crippen molar-refractivity contribution in [1.82, 2.24) is 42.1 Å². The largest absolute Gasteiger partial charge is 0.368 e. The summed E-state index contributed by atoms with van der Waals surface area (Å²) in [5.74, 6) is -1.69. The lowest BCUT2D eigenvalue weighted by Crippen LogP contribution is -2.56. The Morgan fingerprint density at radius 1 is 0.444 bits per heavy atom. The number of nitrogens with zero attached hydrogens (tertiary/aromatic N) is 1. The van der Waals surface area contributed by atoms with E-state index in [-0.39, 0.29) is 93.4 Å². The van der Waals surface area contributed by atoms with Crippen LogP contribution in [0.25, 0.3) is 0 Å². The Balaban J connectivity index is 3.07. The second-order valence-corrected chi connectivity index (χ2v) is 21.2. The van der Waals surface area contributed by atoms with Gasteiger partial charge in [0.15, 0.2) is 0 Å². The van der Waals surface area contributed by atoms with Crippen LogP contribution < -0.4 is 43.0 Å². The minimum Gasteiger partial charge on any atom is -0.368 e. The van der Waals surface area contributed by atoms with Gasteiger partial charge >= 0.3 is 0 Å². The molecule has 1 rings (SSSR count). The maximum Gasteiger partial charge on any atom is 0.253 e. The van der Waals surface area contributed by atoms with Crippen molar-refractivity contribution in [3.05, 3.63) is 12.2 Å². The van der Waals surface area contributed by atoms with Gasteiger partial charge in [0.05, 0.1) is 0 Å². The molecule has 0 aromatic rings. The molecular weight excluding hydrogens is 1010 g/mol. The van der Waals surface area contributed by atoms with Gasteiger partial charge in [0.2, 0.25) is 47.3 Å². The normalized spacial score (nSPS) is 13.6. The first-order valence-electron chi connectivity index (χ1n) is 24.9. The Kier molecular flexibility index (Phi) is 37.5. The van der Waals surface area contributed by atoms with Crippen LogP contribution in [-0.4, -0.2) is 168 Å². The van der Waals surface area contributed by atoms with E-state index in [1.165, 1.54) is 23.5 Å². The maximum atomic E-state index is 14.0. The number of amides is 10. The third-order valence-corrected chi connectivity index (χ3v) is 13.8. The summed E-state index contributed by atoms with van der Waals surface area (Å²) in [7, 11) is 0. The second kappa shape index (κ2) is 41.1. The monoisotopic (exact) mass is 1090 g/mol. The molecule has 1 aliphatic rings. The van der Waals surface area contributed by atoms with Crippen LogP contribution in [0.1, 0.15) is 122 Å². The lowest BCUT2D eigenvalue weighted by atomic mass is 10.0. The van der Waals surface area contributed by atoms with Crippen molar-refractivity contribution in [2.24, 2.45) is 5.73 Å². The molecular formula is C48H81N9O11S4. The fourth-order valence-electron chi connectivity index (χ4n) is 7.20. The van der Waals surface area contributed by atoms with Gasteiger partial charge in [-0.25, -0.2) is 0 Å². The number of primary amides is 1. The Hall–Kier alpha value is -4.29. The number of nitrogens with two attached hydrogens (primary N) is 1. The number of thioether (sulfide) groups is 4. The van der Waals surface area contributed by atoms with Crippen LogP contribution in [0, 0.1) is 0 Å². The molecule has 10 amide bonds. The predicted molar refractivity (Wildman–Crippen MR) is 288 cm³/mol. The standard InChI is InChI=1S/C48H81N9O11S4/c1-69-30-22-39(59)50-26-11-8-16-36(53-41(61)24-32-71-3)46(66)52-28-13-10-18-38(56-47(67)37(54-42(62)25-33-72-4)17-9-12-27-51-40(60)23-31-70-2)48(68)55-35(45(49)65)15-7-5-6-14-34(58)21-29-57-43(63)19-20-44(57)64/h19-20,35-38H,5-18,21-33H2,1-4H3,(H2,49,65)(H,50,59)(H,51,60)(H,52,66)(H,53,61)(H,54,62)(H,55,68)(H,56,67). The summed E-state index contributed by atoms with van der Waals surface area (Å²) in [5.41, 5.74) is 5.73. The Morgan fingerprint density at radius 2 is 0.819 bits per heavy atom. The van der Waals surface area contributed by atoms with Crippen molar-refractivity contribution < 1.29 is 52.7 Å². The number of carbonyl (C=O) groups excluding carboxylic acids is 11. The lowest BCUT2D eigenvalue weighted by Gasteiger charge is -2.25. The number of rotatable bonds is 44. The molecule has 1 aliphatic heterocycles. The summed E-state index contributed by atoms with van der Waals surface area (Å²) in [6, 6.07) is -4.10. The molecule has 0 saturated heterocycles. The van der Waals surface area contributed by atoms with Gasteiger partial charge in [-0.3, -0.25) is 57.6 Å². The molecule has 0 spiro atoms. The molecule has 9 N–H and O–H groups in total. The van der Waals surface area contributed by atoms with Crippen LogP contribution in [0.4, 0.5) is 0 Å². The van der Waals surface area contributed by atoms with Gasteiger partial charge in [0.1, 0.15) is 30.0 Å². The first-order chi connectivity index (χ1) is 34.6. The van der Waals surface area contributed by atoms with Crippen LogP contribution in [0.2, 0.25) is 0 Å². The number of hydrogen-bond donors (Lipinski definition) is 8. The summed E-state index contributed by atoms with van der Waals surface area (Å²) in [6.07, 6.45) is 16.4. The molecule has 0 fully saturated rings. The van der Waals surface area contributed by atoms with Crippen LogP contribution in [0.5, 0.6) is 0 Å². The summed E-state index contributed by atoms with van der Waals surface area (Å²) >= 11 is 6.14. The van der Waals surface area contributed by atoms with Crippen molar-refractivity contribution in [3.63, 3.8) is 0 Å². The van der Waals surface area contributed by atoms with E-state index in [1.54, 1.807) is 23.5 Å². The highest BCUT2D eigenvalue weighted by Gasteiger charge is 2.29. The van der Waals surface area contributed by atoms with Crippen LogP contribution in [0.3, 0.4) is 0 Å². The van der Waals surface area contributed by atoms with E-state index in [1.807, 2.05) is 25.0 Å². The molecule has 4 unspecified atom stereocenters. The molecule has 72 heavy (non-hydrogen) atoms. The lowest BCUT2D eigenvalue weighted by molar-refractivity contribution is -0.137. The number of imide groups is 1. The molecule has 20 nitrogen and oxygen atoms in total. The molecule has 0 aromatic heterocycles. The van der Waals surface area contributed by atoms with Crippen LogP contribution in [0.15, 0.2) is 12.2 Å². The summed E-state index contributed by atoms with van der Waals surface area (Å²) in [5, 5.41) is 19.7. The van der Waals surface area contributed by atoms with Gasteiger partial charge in [-0.1, -0.05) is 12.8 Å². The van der Waals surface area contributed by atoms with E-state index in [9.17, 15) is 52.7 Å². The van der Waals surface area contributed by atoms with Gasteiger partial charge in [-0.05, 0) is 95.7 Å². The van der Waals surface area contributed by atoms with Gasteiger partial charge in [0, 0.05) is 99.9 Å². The zero-order chi connectivity index (χ0) is 53.5. The van der Waals surface area contributed by atoms with Crippen LogP contribution in [-0.2, 0) is 52.7 Å². The number of hydrogen-bond acceptors (Lipinski definition) is 15. The van der Waals surface area contributed by atoms with Crippen LogP contribution >= 0.6 is 47.0 Å². The molecule has 0 saturated carbocycles. The minimum absolute atomic E-state index is 0.00349. The smallest absolute Gasteiger partial charge is 0.253 e. The molecule has 1 heterocycles. The van der Waals surface area contributed by atoms with Crippen molar-refractivity contribution >= 4 is 112 Å². The third kappa shape index (κ3) is 31.3. The second-order valence-electron chi connectivity index (χ2n) is 17.3. The molecule has 0 radical (unpaired) electrons. The van der Waals surface area contributed by atoms with Gasteiger partial charge < -0.3 is 43.0 Å². The first kappa shape index (κ1) is 65.7. The third-order valence-electron chi connectivity index (χ3n) is 11.4. The topological polar surface area (TPSA) is 301 Å². The predicted octanol–water partition coefficient (Wildman–Crippen LogP) is 2.12. The number of unbranched alkanes of at least 4 members (excludes halogenated alkanes) is 5. The van der Waals surface area contributed by atoms with Gasteiger partial charge in [-0.15, -0.1) is 0 Å². The van der Waals surface area contributed by atoms with Gasteiger partial charge in [0.25, 0.3) is 11.8 Å². The summed E-state index contributed by atoms with van der Waals surface area (Å²) < 4.78 is 0.